The van der Waals surface area contributed by atoms with Crippen molar-refractivity contribution in [2.75, 3.05) is 18.4 Å². The van der Waals surface area contributed by atoms with E-state index in [1.165, 1.54) is 4.90 Å². The number of benzene rings is 1. The summed E-state index contributed by atoms with van der Waals surface area (Å²) in [7, 11) is 0. The van der Waals surface area contributed by atoms with Crippen LogP contribution < -0.4 is 5.32 Å². The summed E-state index contributed by atoms with van der Waals surface area (Å²) in [4.78, 5) is 31.3. The number of amides is 2. The monoisotopic (exact) mass is 444 g/mol. The molecular formula is C23H23F3N4O2. The van der Waals surface area contributed by atoms with E-state index in [0.29, 0.717) is 23.5 Å². The SMILES string of the molecule is CCCN(CC(=O)Nc1ccc(F)c(F)c1F)C(=O)c1cc(C)n(-c2ccccn2)c1C. The average Bonchev–Trinajstić information content (AvgIpc) is 3.07. The van der Waals surface area contributed by atoms with Crippen LogP contribution >= 0.6 is 0 Å². The molecule has 0 spiro atoms. The van der Waals surface area contributed by atoms with Crippen LogP contribution in [0.25, 0.3) is 5.82 Å². The van der Waals surface area contributed by atoms with Crippen molar-refractivity contribution >= 4 is 17.5 Å². The Morgan fingerprint density at radius 3 is 2.50 bits per heavy atom. The van der Waals surface area contributed by atoms with Gasteiger partial charge >= 0.3 is 0 Å². The van der Waals surface area contributed by atoms with Crippen LogP contribution in [0, 0.1) is 31.3 Å². The van der Waals surface area contributed by atoms with Gasteiger partial charge in [-0.2, -0.15) is 0 Å². The highest BCUT2D eigenvalue weighted by molar-refractivity contribution is 6.00. The van der Waals surface area contributed by atoms with Crippen LogP contribution in [0.5, 0.6) is 0 Å². The minimum absolute atomic E-state index is 0.278. The number of carbonyl (C=O) groups excluding carboxylic acids is 2. The number of aryl methyl sites for hydroxylation is 1. The van der Waals surface area contributed by atoms with Crippen molar-refractivity contribution < 1.29 is 22.8 Å². The van der Waals surface area contributed by atoms with Gasteiger partial charge in [-0.05, 0) is 50.6 Å². The predicted octanol–water partition coefficient (Wildman–Crippen LogP) is 4.40. The van der Waals surface area contributed by atoms with Crippen LogP contribution in [-0.2, 0) is 4.79 Å². The van der Waals surface area contributed by atoms with Gasteiger partial charge in [-0.1, -0.05) is 13.0 Å². The molecule has 0 saturated carbocycles. The fourth-order valence-electron chi connectivity index (χ4n) is 3.50. The maximum Gasteiger partial charge on any atom is 0.256 e. The number of anilines is 1. The highest BCUT2D eigenvalue weighted by Gasteiger charge is 2.24. The standard InChI is InChI=1S/C23H23F3N4O2/c1-4-11-29(13-20(31)28-18-9-8-17(24)21(25)22(18)26)23(32)16-12-14(2)30(15(16)3)19-7-5-6-10-27-19/h5-10,12H,4,11,13H2,1-3H3,(H,28,31). The summed E-state index contributed by atoms with van der Waals surface area (Å²) in [6.45, 7) is 5.39. The van der Waals surface area contributed by atoms with Crippen LogP contribution in [0.2, 0.25) is 0 Å². The van der Waals surface area contributed by atoms with Gasteiger partial charge in [0.05, 0.1) is 11.3 Å². The molecule has 3 rings (SSSR count). The molecule has 1 aromatic carbocycles. The largest absolute Gasteiger partial charge is 0.329 e. The molecule has 0 saturated heterocycles. The molecule has 0 radical (unpaired) electrons. The zero-order valence-corrected chi connectivity index (χ0v) is 18.0. The Kier molecular flexibility index (Phi) is 6.97. The Morgan fingerprint density at radius 2 is 1.84 bits per heavy atom. The molecule has 1 N–H and O–H groups in total. The molecule has 2 amide bonds. The molecule has 0 atom stereocenters. The minimum Gasteiger partial charge on any atom is -0.329 e. The number of nitrogens with one attached hydrogen (secondary N) is 1. The lowest BCUT2D eigenvalue weighted by Gasteiger charge is -2.22. The average molecular weight is 444 g/mol. The van der Waals surface area contributed by atoms with Crippen LogP contribution in [-0.4, -0.2) is 39.4 Å². The van der Waals surface area contributed by atoms with E-state index in [0.717, 1.165) is 17.8 Å². The third-order valence-corrected chi connectivity index (χ3v) is 4.96. The van der Waals surface area contributed by atoms with Gasteiger partial charge in [-0.15, -0.1) is 0 Å². The number of nitrogens with zero attached hydrogens (tertiary/aromatic N) is 3. The Hall–Kier alpha value is -3.62. The number of pyridine rings is 1. The molecule has 0 aliphatic heterocycles. The first-order valence-corrected chi connectivity index (χ1v) is 10.1. The van der Waals surface area contributed by atoms with Gasteiger partial charge in [0, 0.05) is 24.1 Å². The molecule has 2 heterocycles. The highest BCUT2D eigenvalue weighted by atomic mass is 19.2. The fourth-order valence-corrected chi connectivity index (χ4v) is 3.50. The second kappa shape index (κ2) is 9.67. The number of halogens is 3. The maximum absolute atomic E-state index is 13.9. The molecule has 0 unspecified atom stereocenters. The van der Waals surface area contributed by atoms with Gasteiger partial charge in [-0.3, -0.25) is 9.59 Å². The van der Waals surface area contributed by atoms with E-state index in [4.69, 9.17) is 0 Å². The molecule has 0 bridgehead atoms. The molecule has 2 aromatic heterocycles. The van der Waals surface area contributed by atoms with Gasteiger partial charge in [0.25, 0.3) is 5.91 Å². The Labute approximate surface area is 183 Å². The van der Waals surface area contributed by atoms with E-state index in [1.807, 2.05) is 30.5 Å². The smallest absolute Gasteiger partial charge is 0.256 e. The van der Waals surface area contributed by atoms with Gasteiger partial charge in [0.15, 0.2) is 17.5 Å². The van der Waals surface area contributed by atoms with Crippen LogP contribution in [0.15, 0.2) is 42.6 Å². The highest BCUT2D eigenvalue weighted by Crippen LogP contribution is 2.22. The summed E-state index contributed by atoms with van der Waals surface area (Å²) < 4.78 is 42.3. The molecule has 3 aromatic rings. The minimum atomic E-state index is -1.67. The van der Waals surface area contributed by atoms with Crippen molar-refractivity contribution in [3.8, 4) is 5.82 Å². The zero-order valence-electron chi connectivity index (χ0n) is 18.0. The first-order valence-electron chi connectivity index (χ1n) is 10.1. The van der Waals surface area contributed by atoms with E-state index in [2.05, 4.69) is 10.3 Å². The Balaban J connectivity index is 1.82. The van der Waals surface area contributed by atoms with Gasteiger partial charge < -0.3 is 14.8 Å². The van der Waals surface area contributed by atoms with E-state index in [9.17, 15) is 22.8 Å². The summed E-state index contributed by atoms with van der Waals surface area (Å²) in [5, 5.41) is 2.20. The number of rotatable bonds is 7. The first-order chi connectivity index (χ1) is 15.2. The molecule has 168 valence electrons. The van der Waals surface area contributed by atoms with Gasteiger partial charge in [0.2, 0.25) is 5.91 Å². The molecule has 0 aliphatic carbocycles. The third kappa shape index (κ3) is 4.66. The lowest BCUT2D eigenvalue weighted by molar-refractivity contribution is -0.116. The molecular weight excluding hydrogens is 421 g/mol. The van der Waals surface area contributed by atoms with E-state index in [-0.39, 0.29) is 19.0 Å². The zero-order chi connectivity index (χ0) is 23.4. The topological polar surface area (TPSA) is 67.2 Å². The van der Waals surface area contributed by atoms with Crippen LogP contribution in [0.4, 0.5) is 18.9 Å². The maximum atomic E-state index is 13.9. The normalized spacial score (nSPS) is 10.8. The number of carbonyl (C=O) groups is 2. The lowest BCUT2D eigenvalue weighted by atomic mass is 10.2. The molecule has 9 heteroatoms. The van der Waals surface area contributed by atoms with E-state index in [1.54, 1.807) is 25.3 Å². The Morgan fingerprint density at radius 1 is 1.09 bits per heavy atom. The number of aromatic nitrogens is 2. The quantitative estimate of drug-likeness (QED) is 0.550. The molecule has 6 nitrogen and oxygen atoms in total. The van der Waals surface area contributed by atoms with Crippen LogP contribution in [0.3, 0.4) is 0 Å². The van der Waals surface area contributed by atoms with Crippen LogP contribution in [0.1, 0.15) is 35.1 Å². The summed E-state index contributed by atoms with van der Waals surface area (Å²) in [6.07, 6.45) is 2.23. The molecule has 32 heavy (non-hydrogen) atoms. The summed E-state index contributed by atoms with van der Waals surface area (Å²) in [5.74, 6) is -4.96. The van der Waals surface area contributed by atoms with Crippen molar-refractivity contribution in [3.63, 3.8) is 0 Å². The number of hydrogen-bond donors (Lipinski definition) is 1. The summed E-state index contributed by atoms with van der Waals surface area (Å²) in [6, 6.07) is 8.83. The van der Waals surface area contributed by atoms with Gasteiger partial charge in [0.1, 0.15) is 12.4 Å². The van der Waals surface area contributed by atoms with E-state index < -0.39 is 29.0 Å². The van der Waals surface area contributed by atoms with Crippen molar-refractivity contribution in [2.45, 2.75) is 27.2 Å². The first kappa shape index (κ1) is 23.1. The lowest BCUT2D eigenvalue weighted by Crippen LogP contribution is -2.38. The van der Waals surface area contributed by atoms with E-state index >= 15 is 0 Å². The fraction of sp³-hybridized carbons (Fsp3) is 0.261. The van der Waals surface area contributed by atoms with Crippen molar-refractivity contribution in [2.24, 2.45) is 0 Å². The summed E-state index contributed by atoms with van der Waals surface area (Å²) in [5.41, 5.74) is 1.38. The second-order valence-corrected chi connectivity index (χ2v) is 7.31. The van der Waals surface area contributed by atoms with Crippen molar-refractivity contribution in [3.05, 3.63) is 77.0 Å². The third-order valence-electron chi connectivity index (χ3n) is 4.96. The number of hydrogen-bond acceptors (Lipinski definition) is 3. The van der Waals surface area contributed by atoms with Gasteiger partial charge in [-0.25, -0.2) is 18.2 Å². The molecule has 0 fully saturated rings. The molecule has 0 aliphatic rings. The second-order valence-electron chi connectivity index (χ2n) is 7.31. The summed E-state index contributed by atoms with van der Waals surface area (Å²) >= 11 is 0. The van der Waals surface area contributed by atoms with Crippen molar-refractivity contribution in [1.29, 1.82) is 0 Å². The van der Waals surface area contributed by atoms with Crippen molar-refractivity contribution in [1.82, 2.24) is 14.5 Å². The Bertz CT molecular complexity index is 1150. The predicted molar refractivity (Wildman–Crippen MR) is 114 cm³/mol.